The summed E-state index contributed by atoms with van der Waals surface area (Å²) >= 11 is 3.45. The van der Waals surface area contributed by atoms with Gasteiger partial charge in [-0.3, -0.25) is 9.59 Å². The fourth-order valence-electron chi connectivity index (χ4n) is 5.62. The van der Waals surface area contributed by atoms with Gasteiger partial charge in [-0.1, -0.05) is 20.8 Å². The lowest BCUT2D eigenvalue weighted by Gasteiger charge is -2.39. The minimum Gasteiger partial charge on any atom is -0.342 e. The average Bonchev–Trinajstić information content (AvgIpc) is 3.19. The standard InChI is InChI=1S/C24H34BrN3O4S/c1-4-23(29)28-10-7-19-12-20(25)22(13-21(19)28)33(31,32)27-8-5-18(6-9-27)24(30)26-14-16(2)11-17(3)15-26/h12-13,16-18H,4-11,14-15H2,1-3H3/t16-,17+. The summed E-state index contributed by atoms with van der Waals surface area (Å²) in [5.74, 6) is 1.08. The van der Waals surface area contributed by atoms with Crippen molar-refractivity contribution >= 4 is 43.5 Å². The number of rotatable bonds is 4. The SMILES string of the molecule is CCC(=O)N1CCc2cc(Br)c(S(=O)(=O)N3CCC(C(=O)N4C[C@H](C)C[C@H](C)C4)CC3)cc21. The van der Waals surface area contributed by atoms with E-state index in [0.29, 0.717) is 60.9 Å². The summed E-state index contributed by atoms with van der Waals surface area (Å²) in [7, 11) is -3.74. The third kappa shape index (κ3) is 4.86. The van der Waals surface area contributed by atoms with Crippen molar-refractivity contribution in [1.82, 2.24) is 9.21 Å². The predicted octanol–water partition coefficient (Wildman–Crippen LogP) is 3.65. The molecule has 0 aliphatic carbocycles. The van der Waals surface area contributed by atoms with Gasteiger partial charge in [0.2, 0.25) is 21.8 Å². The van der Waals surface area contributed by atoms with Gasteiger partial charge in [-0.25, -0.2) is 8.42 Å². The smallest absolute Gasteiger partial charge is 0.244 e. The van der Waals surface area contributed by atoms with Crippen molar-refractivity contribution in [1.29, 1.82) is 0 Å². The summed E-state index contributed by atoms with van der Waals surface area (Å²) in [6, 6.07) is 3.48. The van der Waals surface area contributed by atoms with Crippen LogP contribution in [0.3, 0.4) is 0 Å². The van der Waals surface area contributed by atoms with Gasteiger partial charge in [0, 0.05) is 55.2 Å². The lowest BCUT2D eigenvalue weighted by molar-refractivity contribution is -0.139. The van der Waals surface area contributed by atoms with Gasteiger partial charge in [-0.05, 0) is 71.1 Å². The zero-order valence-corrected chi connectivity index (χ0v) is 22.1. The molecule has 7 nitrogen and oxygen atoms in total. The Morgan fingerprint density at radius 2 is 1.70 bits per heavy atom. The van der Waals surface area contributed by atoms with Crippen LogP contribution in [-0.4, -0.2) is 62.2 Å². The summed E-state index contributed by atoms with van der Waals surface area (Å²) < 4.78 is 29.1. The Bertz CT molecular complexity index is 1030. The minimum absolute atomic E-state index is 0.0000894. The van der Waals surface area contributed by atoms with E-state index in [2.05, 4.69) is 29.8 Å². The van der Waals surface area contributed by atoms with Crippen LogP contribution in [0, 0.1) is 17.8 Å². The van der Waals surface area contributed by atoms with Crippen molar-refractivity contribution < 1.29 is 18.0 Å². The molecule has 2 amide bonds. The maximum absolute atomic E-state index is 13.5. The van der Waals surface area contributed by atoms with E-state index in [9.17, 15) is 18.0 Å². The van der Waals surface area contributed by atoms with E-state index in [1.54, 1.807) is 11.0 Å². The van der Waals surface area contributed by atoms with Gasteiger partial charge >= 0.3 is 0 Å². The van der Waals surface area contributed by atoms with Gasteiger partial charge in [-0.2, -0.15) is 4.31 Å². The third-order valence-corrected chi connectivity index (χ3v) is 10.1. The molecule has 3 aliphatic heterocycles. The number of benzene rings is 1. The number of carbonyl (C=O) groups is 2. The largest absolute Gasteiger partial charge is 0.342 e. The second-order valence-electron chi connectivity index (χ2n) is 9.93. The van der Waals surface area contributed by atoms with Gasteiger partial charge in [0.15, 0.2) is 0 Å². The molecule has 2 saturated heterocycles. The van der Waals surface area contributed by atoms with Crippen molar-refractivity contribution in [2.75, 3.05) is 37.6 Å². The molecule has 1 aromatic rings. The first-order valence-corrected chi connectivity index (χ1v) is 14.3. The first-order chi connectivity index (χ1) is 15.6. The van der Waals surface area contributed by atoms with Gasteiger partial charge < -0.3 is 9.80 Å². The quantitative estimate of drug-likeness (QED) is 0.584. The average molecular weight is 541 g/mol. The number of carbonyl (C=O) groups excluding carboxylic acids is 2. The number of amides is 2. The molecule has 0 saturated carbocycles. The van der Waals surface area contributed by atoms with E-state index >= 15 is 0 Å². The Hall–Kier alpha value is -1.45. The number of sulfonamides is 1. The van der Waals surface area contributed by atoms with E-state index in [1.165, 1.54) is 4.31 Å². The van der Waals surface area contributed by atoms with E-state index in [-0.39, 0.29) is 22.6 Å². The van der Waals surface area contributed by atoms with Gasteiger partial charge in [0.25, 0.3) is 0 Å². The van der Waals surface area contributed by atoms with Crippen molar-refractivity contribution in [2.24, 2.45) is 17.8 Å². The first kappa shape index (κ1) is 24.7. The molecule has 2 atom stereocenters. The van der Waals surface area contributed by atoms with Crippen LogP contribution in [0.15, 0.2) is 21.5 Å². The third-order valence-electron chi connectivity index (χ3n) is 7.23. The minimum atomic E-state index is -3.74. The fraction of sp³-hybridized carbons (Fsp3) is 0.667. The number of halogens is 1. The number of hydrogen-bond acceptors (Lipinski definition) is 4. The van der Waals surface area contributed by atoms with Crippen LogP contribution < -0.4 is 4.90 Å². The molecule has 9 heteroatoms. The summed E-state index contributed by atoms with van der Waals surface area (Å²) in [6.45, 7) is 9.04. The Morgan fingerprint density at radius 3 is 2.30 bits per heavy atom. The van der Waals surface area contributed by atoms with Gasteiger partial charge in [0.1, 0.15) is 0 Å². The lowest BCUT2D eigenvalue weighted by atomic mass is 9.89. The topological polar surface area (TPSA) is 78.0 Å². The van der Waals surface area contributed by atoms with E-state index in [1.807, 2.05) is 17.9 Å². The number of piperidine rings is 2. The zero-order chi connectivity index (χ0) is 23.9. The molecular weight excluding hydrogens is 506 g/mol. The van der Waals surface area contributed by atoms with Crippen molar-refractivity contribution in [3.63, 3.8) is 0 Å². The highest BCUT2D eigenvalue weighted by Gasteiger charge is 2.37. The van der Waals surface area contributed by atoms with E-state index < -0.39 is 10.0 Å². The summed E-state index contributed by atoms with van der Waals surface area (Å²) in [4.78, 5) is 29.3. The highest BCUT2D eigenvalue weighted by atomic mass is 79.9. The number of fused-ring (bicyclic) bond motifs is 1. The van der Waals surface area contributed by atoms with E-state index in [0.717, 1.165) is 31.5 Å². The van der Waals surface area contributed by atoms with Crippen molar-refractivity contribution in [3.05, 3.63) is 22.2 Å². The highest BCUT2D eigenvalue weighted by Crippen LogP contribution is 2.38. The van der Waals surface area contributed by atoms with E-state index in [4.69, 9.17) is 0 Å². The zero-order valence-electron chi connectivity index (χ0n) is 19.7. The Balaban J connectivity index is 1.48. The molecule has 3 heterocycles. The van der Waals surface area contributed by atoms with Crippen LogP contribution in [-0.2, 0) is 26.0 Å². The molecule has 0 aromatic heterocycles. The number of anilines is 1. The fourth-order valence-corrected chi connectivity index (χ4v) is 8.16. The molecule has 0 radical (unpaired) electrons. The molecule has 4 rings (SSSR count). The molecule has 1 aromatic carbocycles. The number of likely N-dealkylation sites (tertiary alicyclic amines) is 1. The normalized spacial score (nSPS) is 24.7. The molecule has 0 bridgehead atoms. The second kappa shape index (κ2) is 9.66. The Kier molecular flexibility index (Phi) is 7.22. The first-order valence-electron chi connectivity index (χ1n) is 12.0. The maximum Gasteiger partial charge on any atom is 0.244 e. The second-order valence-corrected chi connectivity index (χ2v) is 12.7. The molecule has 2 fully saturated rings. The Labute approximate surface area is 205 Å². The van der Waals surface area contributed by atoms with Crippen LogP contribution in [0.1, 0.15) is 52.0 Å². The molecule has 0 unspecified atom stereocenters. The van der Waals surface area contributed by atoms with Gasteiger partial charge in [0.05, 0.1) is 4.90 Å². The van der Waals surface area contributed by atoms with Crippen LogP contribution in [0.5, 0.6) is 0 Å². The molecule has 0 N–H and O–H groups in total. The van der Waals surface area contributed by atoms with Crippen LogP contribution in [0.4, 0.5) is 5.69 Å². The summed E-state index contributed by atoms with van der Waals surface area (Å²) in [5, 5.41) is 0. The van der Waals surface area contributed by atoms with Crippen molar-refractivity contribution in [2.45, 2.75) is 57.8 Å². The predicted molar refractivity (Wildman–Crippen MR) is 131 cm³/mol. The molecule has 182 valence electrons. The number of hydrogen-bond donors (Lipinski definition) is 0. The van der Waals surface area contributed by atoms with Crippen LogP contribution in [0.2, 0.25) is 0 Å². The lowest BCUT2D eigenvalue weighted by Crippen LogP contribution is -2.48. The van der Waals surface area contributed by atoms with Gasteiger partial charge in [-0.15, -0.1) is 0 Å². The van der Waals surface area contributed by atoms with Crippen LogP contribution in [0.25, 0.3) is 0 Å². The maximum atomic E-state index is 13.5. The van der Waals surface area contributed by atoms with Crippen LogP contribution >= 0.6 is 15.9 Å². The molecule has 3 aliphatic rings. The summed E-state index contributed by atoms with van der Waals surface area (Å²) in [6.07, 6.45) is 3.34. The summed E-state index contributed by atoms with van der Waals surface area (Å²) in [5.41, 5.74) is 1.68. The highest BCUT2D eigenvalue weighted by molar-refractivity contribution is 9.10. The molecular formula is C24H34BrN3O4S. The Morgan fingerprint density at radius 1 is 1.06 bits per heavy atom. The number of nitrogens with zero attached hydrogens (tertiary/aromatic N) is 3. The van der Waals surface area contributed by atoms with Crippen molar-refractivity contribution in [3.8, 4) is 0 Å². The molecule has 33 heavy (non-hydrogen) atoms. The monoisotopic (exact) mass is 539 g/mol. The molecule has 0 spiro atoms.